The van der Waals surface area contributed by atoms with Crippen LogP contribution in [0.4, 0.5) is 0 Å². The van der Waals surface area contributed by atoms with Gasteiger partial charge < -0.3 is 19.3 Å². The van der Waals surface area contributed by atoms with Crippen LogP contribution in [0.2, 0.25) is 0 Å². The first kappa shape index (κ1) is 15.8. The Kier molecular flexibility index (Phi) is 5.84. The van der Waals surface area contributed by atoms with Crippen LogP contribution in [0.5, 0.6) is 5.75 Å². The summed E-state index contributed by atoms with van der Waals surface area (Å²) in [6.45, 7) is 3.88. The smallest absolute Gasteiger partial charge is 0.133 e. The van der Waals surface area contributed by atoms with Crippen LogP contribution >= 0.6 is 15.9 Å². The van der Waals surface area contributed by atoms with Gasteiger partial charge in [0.25, 0.3) is 0 Å². The first-order chi connectivity index (χ1) is 9.63. The van der Waals surface area contributed by atoms with Gasteiger partial charge in [-0.25, -0.2) is 0 Å². The summed E-state index contributed by atoms with van der Waals surface area (Å²) in [6, 6.07) is 5.63. The number of rotatable bonds is 6. The van der Waals surface area contributed by atoms with Crippen molar-refractivity contribution < 1.29 is 19.3 Å². The van der Waals surface area contributed by atoms with Gasteiger partial charge in [0.15, 0.2) is 0 Å². The molecule has 1 aliphatic heterocycles. The number of aliphatic hydroxyl groups excluding tert-OH is 1. The molecule has 4 nitrogen and oxygen atoms in total. The fourth-order valence-corrected chi connectivity index (χ4v) is 2.87. The number of benzene rings is 1. The van der Waals surface area contributed by atoms with Crippen molar-refractivity contribution in [2.45, 2.75) is 25.6 Å². The van der Waals surface area contributed by atoms with Crippen molar-refractivity contribution in [3.8, 4) is 5.75 Å². The highest BCUT2D eigenvalue weighted by Crippen LogP contribution is 2.34. The van der Waals surface area contributed by atoms with Gasteiger partial charge in [-0.1, -0.05) is 13.0 Å². The van der Waals surface area contributed by atoms with E-state index in [0.29, 0.717) is 19.1 Å². The van der Waals surface area contributed by atoms with Crippen molar-refractivity contribution in [2.24, 2.45) is 5.92 Å². The molecule has 20 heavy (non-hydrogen) atoms. The average molecular weight is 345 g/mol. The summed E-state index contributed by atoms with van der Waals surface area (Å²) in [5.74, 6) is 1.12. The van der Waals surface area contributed by atoms with E-state index in [1.165, 1.54) is 0 Å². The summed E-state index contributed by atoms with van der Waals surface area (Å²) < 4.78 is 17.0. The number of methoxy groups -OCH3 is 1. The van der Waals surface area contributed by atoms with Crippen LogP contribution in [0, 0.1) is 5.92 Å². The highest BCUT2D eigenvalue weighted by atomic mass is 79.9. The van der Waals surface area contributed by atoms with Gasteiger partial charge in [-0.05, 0) is 46.0 Å². The van der Waals surface area contributed by atoms with Gasteiger partial charge in [-0.15, -0.1) is 0 Å². The molecular formula is C15H21BrO4. The highest BCUT2D eigenvalue weighted by molar-refractivity contribution is 9.10. The molecule has 0 saturated carbocycles. The predicted octanol–water partition coefficient (Wildman–Crippen LogP) is 2.93. The third-order valence-corrected chi connectivity index (χ3v) is 4.22. The second-order valence-corrected chi connectivity index (χ2v) is 5.93. The molecule has 0 radical (unpaired) electrons. The van der Waals surface area contributed by atoms with Crippen LogP contribution < -0.4 is 4.74 Å². The predicted molar refractivity (Wildman–Crippen MR) is 80.0 cm³/mol. The zero-order valence-corrected chi connectivity index (χ0v) is 13.4. The molecule has 1 aromatic carbocycles. The lowest BCUT2D eigenvalue weighted by Crippen LogP contribution is -2.23. The van der Waals surface area contributed by atoms with E-state index in [4.69, 9.17) is 14.2 Å². The van der Waals surface area contributed by atoms with E-state index < -0.39 is 6.10 Å². The van der Waals surface area contributed by atoms with Crippen LogP contribution in [-0.4, -0.2) is 38.1 Å². The summed E-state index contributed by atoms with van der Waals surface area (Å²) in [6.07, 6.45) is 0.278. The van der Waals surface area contributed by atoms with Crippen LogP contribution in [-0.2, 0) is 9.47 Å². The van der Waals surface area contributed by atoms with Crippen LogP contribution in [0.3, 0.4) is 0 Å². The van der Waals surface area contributed by atoms with E-state index >= 15 is 0 Å². The van der Waals surface area contributed by atoms with Crippen LogP contribution in [0.15, 0.2) is 22.7 Å². The summed E-state index contributed by atoms with van der Waals surface area (Å²) in [5, 5.41) is 10.4. The Morgan fingerprint density at radius 3 is 2.85 bits per heavy atom. The molecule has 3 atom stereocenters. The molecule has 0 bridgehead atoms. The van der Waals surface area contributed by atoms with Crippen molar-refractivity contribution in [3.63, 3.8) is 0 Å². The van der Waals surface area contributed by atoms with Gasteiger partial charge in [0.2, 0.25) is 0 Å². The lowest BCUT2D eigenvalue weighted by atomic mass is 9.95. The first-order valence-corrected chi connectivity index (χ1v) is 7.63. The second-order valence-electron chi connectivity index (χ2n) is 5.08. The topological polar surface area (TPSA) is 47.9 Å². The van der Waals surface area contributed by atoms with E-state index in [9.17, 15) is 5.11 Å². The summed E-state index contributed by atoms with van der Waals surface area (Å²) in [4.78, 5) is 0. The number of ether oxygens (including phenoxy) is 3. The summed E-state index contributed by atoms with van der Waals surface area (Å²) in [5.41, 5.74) is 0.842. The quantitative estimate of drug-likeness (QED) is 0.806. The second kappa shape index (κ2) is 7.41. The lowest BCUT2D eigenvalue weighted by molar-refractivity contribution is -0.0178. The maximum absolute atomic E-state index is 10.4. The van der Waals surface area contributed by atoms with Crippen LogP contribution in [0.1, 0.15) is 25.0 Å². The SMILES string of the molecule is COCCOc1ccc(C(O)C2OCCC2C)cc1Br. The molecule has 1 N–H and O–H groups in total. The Bertz CT molecular complexity index is 438. The molecule has 0 aliphatic carbocycles. The molecule has 112 valence electrons. The van der Waals surface area contributed by atoms with Crippen molar-refractivity contribution in [2.75, 3.05) is 26.9 Å². The van der Waals surface area contributed by atoms with Gasteiger partial charge in [0, 0.05) is 13.7 Å². The molecular weight excluding hydrogens is 324 g/mol. The minimum absolute atomic E-state index is 0.123. The molecule has 0 spiro atoms. The van der Waals surface area contributed by atoms with Gasteiger partial charge in [0.1, 0.15) is 18.5 Å². The monoisotopic (exact) mass is 344 g/mol. The normalized spacial score (nSPS) is 23.8. The maximum Gasteiger partial charge on any atom is 0.133 e. The average Bonchev–Trinajstić information content (AvgIpc) is 2.86. The highest BCUT2D eigenvalue weighted by Gasteiger charge is 2.32. The molecule has 1 aromatic rings. The molecule has 1 fully saturated rings. The molecule has 5 heteroatoms. The van der Waals surface area contributed by atoms with Crippen molar-refractivity contribution >= 4 is 15.9 Å². The number of halogens is 1. The maximum atomic E-state index is 10.4. The van der Waals surface area contributed by atoms with Crippen molar-refractivity contribution in [1.29, 1.82) is 0 Å². The van der Waals surface area contributed by atoms with E-state index in [0.717, 1.165) is 28.8 Å². The zero-order chi connectivity index (χ0) is 14.5. The third-order valence-electron chi connectivity index (χ3n) is 3.60. The standard InChI is InChI=1S/C15H21BrO4/c1-10-5-6-20-15(10)14(17)11-3-4-13(12(16)9-11)19-8-7-18-2/h3-4,9-10,14-15,17H,5-8H2,1-2H3. The van der Waals surface area contributed by atoms with E-state index in [1.807, 2.05) is 18.2 Å². The molecule has 3 unspecified atom stereocenters. The van der Waals surface area contributed by atoms with E-state index in [2.05, 4.69) is 22.9 Å². The Labute approximate surface area is 128 Å². The number of hydrogen-bond donors (Lipinski definition) is 1. The number of aliphatic hydroxyl groups is 1. The van der Waals surface area contributed by atoms with E-state index in [-0.39, 0.29) is 6.10 Å². The van der Waals surface area contributed by atoms with Gasteiger partial charge in [-0.3, -0.25) is 0 Å². The minimum atomic E-state index is -0.600. The Morgan fingerprint density at radius 2 is 2.25 bits per heavy atom. The van der Waals surface area contributed by atoms with Gasteiger partial charge in [-0.2, -0.15) is 0 Å². The van der Waals surface area contributed by atoms with Crippen LogP contribution in [0.25, 0.3) is 0 Å². The molecule has 0 amide bonds. The first-order valence-electron chi connectivity index (χ1n) is 6.84. The Morgan fingerprint density at radius 1 is 1.45 bits per heavy atom. The minimum Gasteiger partial charge on any atom is -0.490 e. The molecule has 1 heterocycles. The van der Waals surface area contributed by atoms with Crippen molar-refractivity contribution in [3.05, 3.63) is 28.2 Å². The van der Waals surface area contributed by atoms with Crippen molar-refractivity contribution in [1.82, 2.24) is 0 Å². The van der Waals surface area contributed by atoms with Gasteiger partial charge >= 0.3 is 0 Å². The third kappa shape index (κ3) is 3.73. The Balaban J connectivity index is 2.04. The lowest BCUT2D eigenvalue weighted by Gasteiger charge is -2.22. The zero-order valence-electron chi connectivity index (χ0n) is 11.8. The molecule has 1 aliphatic rings. The molecule has 2 rings (SSSR count). The fourth-order valence-electron chi connectivity index (χ4n) is 2.36. The molecule has 0 aromatic heterocycles. The summed E-state index contributed by atoms with van der Waals surface area (Å²) in [7, 11) is 1.64. The molecule has 1 saturated heterocycles. The van der Waals surface area contributed by atoms with E-state index in [1.54, 1.807) is 7.11 Å². The largest absolute Gasteiger partial charge is 0.490 e. The summed E-state index contributed by atoms with van der Waals surface area (Å²) >= 11 is 3.47. The number of hydrogen-bond acceptors (Lipinski definition) is 4. The fraction of sp³-hybridized carbons (Fsp3) is 0.600. The Hall–Kier alpha value is -0.620. The van der Waals surface area contributed by atoms with Gasteiger partial charge in [0.05, 0.1) is 17.2 Å².